The van der Waals surface area contributed by atoms with Gasteiger partial charge in [-0.05, 0) is 43.3 Å². The number of para-hydroxylation sites is 1. The molecule has 112 valence electrons. The molecule has 0 aromatic heterocycles. The molecule has 6 heteroatoms. The zero-order valence-corrected chi connectivity index (χ0v) is 12.5. The first kappa shape index (κ1) is 15.5. The Kier molecular flexibility index (Phi) is 4.95. The third-order valence-corrected chi connectivity index (χ3v) is 4.24. The maximum atomic E-state index is 12.0. The second-order valence-electron chi connectivity index (χ2n) is 4.72. The van der Waals surface area contributed by atoms with Gasteiger partial charge in [-0.25, -0.2) is 13.1 Å². The maximum Gasteiger partial charge on any atom is 0.240 e. The van der Waals surface area contributed by atoms with E-state index in [0.29, 0.717) is 0 Å². The molecule has 0 aliphatic heterocycles. The first-order valence-corrected chi connectivity index (χ1v) is 8.05. The first-order valence-electron chi connectivity index (χ1n) is 6.57. The smallest absolute Gasteiger partial charge is 0.240 e. The molecule has 5 nitrogen and oxygen atoms in total. The van der Waals surface area contributed by atoms with Crippen molar-refractivity contribution in [1.29, 1.82) is 0 Å². The summed E-state index contributed by atoms with van der Waals surface area (Å²) in [7, 11) is -3.58. The molecule has 2 aromatic carbocycles. The van der Waals surface area contributed by atoms with Gasteiger partial charge in [0.25, 0.3) is 0 Å². The molecule has 0 heterocycles. The zero-order chi connectivity index (χ0) is 15.3. The van der Waals surface area contributed by atoms with E-state index in [1.807, 2.05) is 30.3 Å². The van der Waals surface area contributed by atoms with Crippen LogP contribution in [0.2, 0.25) is 0 Å². The molecule has 2 aromatic rings. The van der Waals surface area contributed by atoms with Gasteiger partial charge in [-0.15, -0.1) is 0 Å². The van der Waals surface area contributed by atoms with Crippen LogP contribution >= 0.6 is 0 Å². The predicted molar refractivity (Wildman–Crippen MR) is 83.0 cm³/mol. The van der Waals surface area contributed by atoms with Crippen LogP contribution in [0.5, 0.6) is 0 Å². The summed E-state index contributed by atoms with van der Waals surface area (Å²) in [6.07, 6.45) is -0.723. The average Bonchev–Trinajstić information content (AvgIpc) is 2.47. The van der Waals surface area contributed by atoms with E-state index in [0.717, 1.165) is 11.4 Å². The van der Waals surface area contributed by atoms with Crippen LogP contribution in [0.15, 0.2) is 59.5 Å². The number of anilines is 2. The van der Waals surface area contributed by atoms with E-state index in [1.54, 1.807) is 12.1 Å². The first-order chi connectivity index (χ1) is 9.97. The van der Waals surface area contributed by atoms with Gasteiger partial charge < -0.3 is 10.4 Å². The van der Waals surface area contributed by atoms with Gasteiger partial charge in [0, 0.05) is 17.9 Å². The van der Waals surface area contributed by atoms with Crippen LogP contribution in [0.1, 0.15) is 6.92 Å². The lowest BCUT2D eigenvalue weighted by Crippen LogP contribution is -2.30. The fourth-order valence-corrected chi connectivity index (χ4v) is 2.84. The second-order valence-corrected chi connectivity index (χ2v) is 6.48. The predicted octanol–water partition coefficient (Wildman–Crippen LogP) is 2.09. The summed E-state index contributed by atoms with van der Waals surface area (Å²) < 4.78 is 26.3. The maximum absolute atomic E-state index is 12.0. The minimum absolute atomic E-state index is 0.00759. The highest BCUT2D eigenvalue weighted by Crippen LogP contribution is 2.18. The number of benzene rings is 2. The van der Waals surface area contributed by atoms with E-state index in [1.165, 1.54) is 19.1 Å². The summed E-state index contributed by atoms with van der Waals surface area (Å²) >= 11 is 0. The van der Waals surface area contributed by atoms with Crippen LogP contribution in [0.25, 0.3) is 0 Å². The molecule has 0 radical (unpaired) electrons. The van der Waals surface area contributed by atoms with Gasteiger partial charge in [0.05, 0.1) is 11.0 Å². The Balaban J connectivity index is 2.08. The molecule has 0 saturated carbocycles. The standard InChI is InChI=1S/C15H18N2O3S/c1-12(18)11-16-21(19,20)15-9-7-14(8-10-15)17-13-5-3-2-4-6-13/h2-10,12,16-18H,11H2,1H3. The molecular weight excluding hydrogens is 288 g/mol. The molecule has 0 fully saturated rings. The Bertz CT molecular complexity index is 668. The van der Waals surface area contributed by atoms with Gasteiger partial charge in [-0.3, -0.25) is 0 Å². The van der Waals surface area contributed by atoms with Crippen molar-refractivity contribution in [3.63, 3.8) is 0 Å². The van der Waals surface area contributed by atoms with Crippen LogP contribution in [0.4, 0.5) is 11.4 Å². The quantitative estimate of drug-likeness (QED) is 0.763. The van der Waals surface area contributed by atoms with Gasteiger partial charge in [0.15, 0.2) is 0 Å². The van der Waals surface area contributed by atoms with Gasteiger partial charge in [0.2, 0.25) is 10.0 Å². The van der Waals surface area contributed by atoms with Crippen LogP contribution in [-0.2, 0) is 10.0 Å². The molecule has 3 N–H and O–H groups in total. The lowest BCUT2D eigenvalue weighted by atomic mass is 10.3. The highest BCUT2D eigenvalue weighted by molar-refractivity contribution is 7.89. The summed E-state index contributed by atoms with van der Waals surface area (Å²) in [5.74, 6) is 0. The molecule has 0 aliphatic rings. The van der Waals surface area contributed by atoms with Crippen molar-refractivity contribution in [3.05, 3.63) is 54.6 Å². The Morgan fingerprint density at radius 1 is 1.00 bits per heavy atom. The third-order valence-electron chi connectivity index (χ3n) is 2.80. The monoisotopic (exact) mass is 306 g/mol. The van der Waals surface area contributed by atoms with Crippen LogP contribution in [0.3, 0.4) is 0 Å². The van der Waals surface area contributed by atoms with Gasteiger partial charge in [-0.1, -0.05) is 18.2 Å². The Morgan fingerprint density at radius 3 is 2.14 bits per heavy atom. The molecule has 0 bridgehead atoms. The fraction of sp³-hybridized carbons (Fsp3) is 0.200. The Labute approximate surface area is 124 Å². The highest BCUT2D eigenvalue weighted by atomic mass is 32.2. The van der Waals surface area contributed by atoms with E-state index in [9.17, 15) is 8.42 Å². The Morgan fingerprint density at radius 2 is 1.57 bits per heavy atom. The van der Waals surface area contributed by atoms with E-state index in [4.69, 9.17) is 5.11 Å². The minimum atomic E-state index is -3.58. The van der Waals surface area contributed by atoms with Crippen molar-refractivity contribution in [2.75, 3.05) is 11.9 Å². The summed E-state index contributed by atoms with van der Waals surface area (Å²) in [6, 6.07) is 16.1. The van der Waals surface area contributed by atoms with Gasteiger partial charge in [-0.2, -0.15) is 0 Å². The molecule has 0 amide bonds. The van der Waals surface area contributed by atoms with Crippen LogP contribution in [-0.4, -0.2) is 26.2 Å². The lowest BCUT2D eigenvalue weighted by molar-refractivity contribution is 0.198. The molecule has 0 saturated heterocycles. The zero-order valence-electron chi connectivity index (χ0n) is 11.7. The topological polar surface area (TPSA) is 78.4 Å². The van der Waals surface area contributed by atoms with Gasteiger partial charge in [0.1, 0.15) is 0 Å². The Hall–Kier alpha value is -1.89. The molecule has 1 atom stereocenters. The van der Waals surface area contributed by atoms with E-state index >= 15 is 0 Å². The highest BCUT2D eigenvalue weighted by Gasteiger charge is 2.14. The van der Waals surface area contributed by atoms with Crippen molar-refractivity contribution in [2.45, 2.75) is 17.9 Å². The van der Waals surface area contributed by atoms with E-state index in [2.05, 4.69) is 10.0 Å². The van der Waals surface area contributed by atoms with E-state index < -0.39 is 16.1 Å². The molecule has 1 unspecified atom stereocenters. The minimum Gasteiger partial charge on any atom is -0.392 e. The van der Waals surface area contributed by atoms with Crippen molar-refractivity contribution in [1.82, 2.24) is 4.72 Å². The average molecular weight is 306 g/mol. The molecule has 21 heavy (non-hydrogen) atoms. The van der Waals surface area contributed by atoms with Crippen LogP contribution in [0, 0.1) is 0 Å². The molecule has 2 rings (SSSR count). The number of hydrogen-bond acceptors (Lipinski definition) is 4. The number of nitrogens with one attached hydrogen (secondary N) is 2. The second kappa shape index (κ2) is 6.71. The van der Waals surface area contributed by atoms with Crippen molar-refractivity contribution in [2.24, 2.45) is 0 Å². The summed E-state index contributed by atoms with van der Waals surface area (Å²) in [5.41, 5.74) is 1.73. The van der Waals surface area contributed by atoms with E-state index in [-0.39, 0.29) is 11.4 Å². The van der Waals surface area contributed by atoms with Crippen molar-refractivity contribution >= 4 is 21.4 Å². The fourth-order valence-electron chi connectivity index (χ4n) is 1.72. The van der Waals surface area contributed by atoms with Crippen molar-refractivity contribution < 1.29 is 13.5 Å². The summed E-state index contributed by atoms with van der Waals surface area (Å²) in [5, 5.41) is 12.3. The molecule has 0 aliphatic carbocycles. The number of sulfonamides is 1. The van der Waals surface area contributed by atoms with Crippen LogP contribution < -0.4 is 10.0 Å². The molecular formula is C15H18N2O3S. The molecule has 0 spiro atoms. The van der Waals surface area contributed by atoms with Gasteiger partial charge >= 0.3 is 0 Å². The number of aliphatic hydroxyl groups is 1. The number of aliphatic hydroxyl groups excluding tert-OH is 1. The summed E-state index contributed by atoms with van der Waals surface area (Å²) in [6.45, 7) is 1.52. The summed E-state index contributed by atoms with van der Waals surface area (Å²) in [4.78, 5) is 0.168. The normalized spacial score (nSPS) is 12.9. The largest absolute Gasteiger partial charge is 0.392 e. The third kappa shape index (κ3) is 4.56. The number of hydrogen-bond donors (Lipinski definition) is 3. The SMILES string of the molecule is CC(O)CNS(=O)(=O)c1ccc(Nc2ccccc2)cc1. The number of rotatable bonds is 6. The van der Waals surface area contributed by atoms with Crippen molar-refractivity contribution in [3.8, 4) is 0 Å². The lowest BCUT2D eigenvalue weighted by Gasteiger charge is -2.10.